The van der Waals surface area contributed by atoms with E-state index >= 15 is 0 Å². The Balaban J connectivity index is 1.57. The molecule has 3 heterocycles. The Bertz CT molecular complexity index is 698. The molecule has 0 aromatic carbocycles. The van der Waals surface area contributed by atoms with Crippen molar-refractivity contribution in [2.45, 2.75) is 19.8 Å². The average molecular weight is 317 g/mol. The van der Waals surface area contributed by atoms with Crippen molar-refractivity contribution in [3.05, 3.63) is 30.1 Å². The van der Waals surface area contributed by atoms with Gasteiger partial charge in [-0.3, -0.25) is 9.59 Å². The van der Waals surface area contributed by atoms with E-state index in [0.717, 1.165) is 36.3 Å². The Morgan fingerprint density at radius 2 is 2.41 bits per heavy atom. The molecule has 0 aliphatic carbocycles. The van der Waals surface area contributed by atoms with Crippen molar-refractivity contribution in [1.29, 1.82) is 0 Å². The van der Waals surface area contributed by atoms with Crippen LogP contribution in [-0.4, -0.2) is 44.7 Å². The number of carbonyl (C=O) groups excluding carboxylic acids is 2. The molecule has 2 aromatic rings. The lowest BCUT2D eigenvalue weighted by Gasteiger charge is -2.16. The summed E-state index contributed by atoms with van der Waals surface area (Å²) >= 11 is 1.32. The first kappa shape index (κ1) is 15.1. The van der Waals surface area contributed by atoms with Gasteiger partial charge in [-0.05, 0) is 30.0 Å². The molecule has 1 N–H and O–H groups in total. The number of pyridine rings is 1. The molecule has 22 heavy (non-hydrogen) atoms. The van der Waals surface area contributed by atoms with E-state index in [2.05, 4.69) is 9.97 Å². The fourth-order valence-corrected chi connectivity index (χ4v) is 3.59. The number of likely N-dealkylation sites (tertiary alicyclic amines) is 1. The lowest BCUT2D eigenvalue weighted by Crippen LogP contribution is -2.27. The van der Waals surface area contributed by atoms with Crippen LogP contribution in [-0.2, 0) is 16.0 Å². The van der Waals surface area contributed by atoms with Crippen LogP contribution in [0.5, 0.6) is 0 Å². The van der Waals surface area contributed by atoms with Crippen molar-refractivity contribution in [1.82, 2.24) is 14.9 Å². The molecule has 0 radical (unpaired) electrons. The van der Waals surface area contributed by atoms with Crippen LogP contribution in [0.25, 0.3) is 11.0 Å². The van der Waals surface area contributed by atoms with Crippen LogP contribution in [0, 0.1) is 5.92 Å². The fourth-order valence-electron chi connectivity index (χ4n) is 2.89. The summed E-state index contributed by atoms with van der Waals surface area (Å²) in [5.41, 5.74) is 2.08. The Labute approximate surface area is 133 Å². The van der Waals surface area contributed by atoms with Gasteiger partial charge in [0.05, 0.1) is 0 Å². The summed E-state index contributed by atoms with van der Waals surface area (Å²) < 4.78 is 0. The number of amides is 1. The average Bonchev–Trinajstić information content (AvgIpc) is 3.07. The summed E-state index contributed by atoms with van der Waals surface area (Å²) in [5.74, 6) is 1.24. The van der Waals surface area contributed by atoms with E-state index in [0.29, 0.717) is 12.3 Å². The normalized spacial score (nSPS) is 18.3. The maximum Gasteiger partial charge on any atom is 0.222 e. The van der Waals surface area contributed by atoms with Gasteiger partial charge in [-0.15, -0.1) is 0 Å². The first-order valence-electron chi connectivity index (χ1n) is 7.45. The SMILES string of the molecule is CC(=O)SCC1CC(=O)N(CCc2c[nH]c3ncccc23)C1. The quantitative estimate of drug-likeness (QED) is 0.918. The van der Waals surface area contributed by atoms with E-state index in [4.69, 9.17) is 0 Å². The van der Waals surface area contributed by atoms with Gasteiger partial charge in [0.25, 0.3) is 0 Å². The molecule has 1 aliphatic rings. The highest BCUT2D eigenvalue weighted by molar-refractivity contribution is 8.13. The number of fused-ring (bicyclic) bond motifs is 1. The zero-order valence-electron chi connectivity index (χ0n) is 12.5. The number of hydrogen-bond acceptors (Lipinski definition) is 4. The van der Waals surface area contributed by atoms with Crippen LogP contribution < -0.4 is 0 Å². The zero-order chi connectivity index (χ0) is 15.5. The molecule has 6 heteroatoms. The van der Waals surface area contributed by atoms with Crippen molar-refractivity contribution in [3.63, 3.8) is 0 Å². The Morgan fingerprint density at radius 3 is 3.23 bits per heavy atom. The summed E-state index contributed by atoms with van der Waals surface area (Å²) in [4.78, 5) is 32.4. The van der Waals surface area contributed by atoms with Crippen LogP contribution in [0.2, 0.25) is 0 Å². The first-order chi connectivity index (χ1) is 10.6. The van der Waals surface area contributed by atoms with Crippen LogP contribution in [0.1, 0.15) is 18.9 Å². The summed E-state index contributed by atoms with van der Waals surface area (Å²) in [6, 6.07) is 3.97. The lowest BCUT2D eigenvalue weighted by atomic mass is 10.1. The standard InChI is InChI=1S/C16H19N3O2S/c1-11(20)22-10-12-7-15(21)19(9-12)6-4-13-8-18-16-14(13)3-2-5-17-16/h2-3,5,8,12H,4,6-7,9-10H2,1H3,(H,17,18). The van der Waals surface area contributed by atoms with Gasteiger partial charge in [0.2, 0.25) is 5.91 Å². The van der Waals surface area contributed by atoms with Crippen LogP contribution in [0.3, 0.4) is 0 Å². The largest absolute Gasteiger partial charge is 0.346 e. The molecule has 1 atom stereocenters. The maximum atomic E-state index is 12.1. The Kier molecular flexibility index (Phi) is 4.47. The first-order valence-corrected chi connectivity index (χ1v) is 8.44. The smallest absolute Gasteiger partial charge is 0.222 e. The van der Waals surface area contributed by atoms with Gasteiger partial charge in [0.15, 0.2) is 5.12 Å². The molecule has 1 fully saturated rings. The molecular weight excluding hydrogens is 298 g/mol. The van der Waals surface area contributed by atoms with Gasteiger partial charge in [-0.25, -0.2) is 4.98 Å². The molecule has 3 rings (SSSR count). The van der Waals surface area contributed by atoms with Gasteiger partial charge >= 0.3 is 0 Å². The second-order valence-electron chi connectivity index (χ2n) is 5.68. The molecule has 0 spiro atoms. The molecule has 1 amide bonds. The van der Waals surface area contributed by atoms with E-state index in [9.17, 15) is 9.59 Å². The van der Waals surface area contributed by atoms with Crippen LogP contribution >= 0.6 is 11.8 Å². The zero-order valence-corrected chi connectivity index (χ0v) is 13.4. The molecule has 5 nitrogen and oxygen atoms in total. The topological polar surface area (TPSA) is 66.1 Å². The second kappa shape index (κ2) is 6.52. The van der Waals surface area contributed by atoms with E-state index in [1.807, 2.05) is 23.2 Å². The van der Waals surface area contributed by atoms with Gasteiger partial charge in [0.1, 0.15) is 5.65 Å². The van der Waals surface area contributed by atoms with Gasteiger partial charge in [-0.2, -0.15) is 0 Å². The number of aromatic nitrogens is 2. The summed E-state index contributed by atoms with van der Waals surface area (Å²) in [5, 5.41) is 1.25. The minimum atomic E-state index is 0.122. The van der Waals surface area contributed by atoms with Gasteiger partial charge in [0, 0.05) is 50.0 Å². The van der Waals surface area contributed by atoms with E-state index in [1.165, 1.54) is 17.3 Å². The predicted molar refractivity (Wildman–Crippen MR) is 87.6 cm³/mol. The van der Waals surface area contributed by atoms with Gasteiger partial charge < -0.3 is 9.88 Å². The summed E-state index contributed by atoms with van der Waals surface area (Å²) in [6.45, 7) is 3.06. The van der Waals surface area contributed by atoms with E-state index in [-0.39, 0.29) is 11.0 Å². The monoisotopic (exact) mass is 317 g/mol. The highest BCUT2D eigenvalue weighted by Crippen LogP contribution is 2.23. The molecule has 2 aromatic heterocycles. The minimum Gasteiger partial charge on any atom is -0.346 e. The number of aromatic amines is 1. The molecule has 1 saturated heterocycles. The Morgan fingerprint density at radius 1 is 1.55 bits per heavy atom. The van der Waals surface area contributed by atoms with E-state index in [1.54, 1.807) is 13.1 Å². The van der Waals surface area contributed by atoms with Crippen LogP contribution in [0.15, 0.2) is 24.5 Å². The highest BCUT2D eigenvalue weighted by Gasteiger charge is 2.29. The van der Waals surface area contributed by atoms with Crippen LogP contribution in [0.4, 0.5) is 0 Å². The van der Waals surface area contributed by atoms with E-state index < -0.39 is 0 Å². The van der Waals surface area contributed by atoms with Crippen molar-refractivity contribution in [3.8, 4) is 0 Å². The number of hydrogen-bond donors (Lipinski definition) is 1. The number of carbonyl (C=O) groups is 2. The molecule has 1 unspecified atom stereocenters. The molecule has 116 valence electrons. The maximum absolute atomic E-state index is 12.1. The molecular formula is C16H19N3O2S. The second-order valence-corrected chi connectivity index (χ2v) is 6.87. The summed E-state index contributed by atoms with van der Waals surface area (Å²) in [7, 11) is 0. The van der Waals surface area contributed by atoms with Crippen molar-refractivity contribution >= 4 is 33.8 Å². The predicted octanol–water partition coefficient (Wildman–Crippen LogP) is 2.23. The number of thioether (sulfide) groups is 1. The third-order valence-corrected chi connectivity index (χ3v) is 5.05. The highest BCUT2D eigenvalue weighted by atomic mass is 32.2. The summed E-state index contributed by atoms with van der Waals surface area (Å²) in [6.07, 6.45) is 5.13. The third kappa shape index (κ3) is 3.32. The Hall–Kier alpha value is -1.82. The van der Waals surface area contributed by atoms with Gasteiger partial charge in [-0.1, -0.05) is 11.8 Å². The number of H-pyrrole nitrogens is 1. The minimum absolute atomic E-state index is 0.122. The molecule has 1 aliphatic heterocycles. The van der Waals surface area contributed by atoms with Crippen molar-refractivity contribution < 1.29 is 9.59 Å². The molecule has 0 saturated carbocycles. The van der Waals surface area contributed by atoms with Crippen molar-refractivity contribution in [2.75, 3.05) is 18.8 Å². The third-order valence-electron chi connectivity index (χ3n) is 4.00. The number of rotatable bonds is 5. The number of nitrogens with one attached hydrogen (secondary N) is 1. The van der Waals surface area contributed by atoms with Crippen molar-refractivity contribution in [2.24, 2.45) is 5.92 Å². The number of nitrogens with zero attached hydrogens (tertiary/aromatic N) is 2. The molecule has 0 bridgehead atoms. The fraction of sp³-hybridized carbons (Fsp3) is 0.438. The lowest BCUT2D eigenvalue weighted by molar-refractivity contribution is -0.127.